The van der Waals surface area contributed by atoms with Gasteiger partial charge in [-0.3, -0.25) is 4.79 Å². The summed E-state index contributed by atoms with van der Waals surface area (Å²) in [6.45, 7) is 12.0. The summed E-state index contributed by atoms with van der Waals surface area (Å²) < 4.78 is 11.0. The van der Waals surface area contributed by atoms with Gasteiger partial charge in [0, 0.05) is 5.56 Å². The number of rotatable bonds is 11. The van der Waals surface area contributed by atoms with Gasteiger partial charge in [0.05, 0.1) is 19.1 Å². The van der Waals surface area contributed by atoms with Crippen LogP contribution in [0.2, 0.25) is 0 Å². The van der Waals surface area contributed by atoms with E-state index in [4.69, 9.17) is 14.6 Å². The van der Waals surface area contributed by atoms with Crippen LogP contribution in [0.15, 0.2) is 53.1 Å². The van der Waals surface area contributed by atoms with Crippen LogP contribution in [0.5, 0.6) is 11.5 Å². The molecule has 0 spiro atoms. The molecule has 0 heterocycles. The van der Waals surface area contributed by atoms with Crippen molar-refractivity contribution in [3.63, 3.8) is 0 Å². The summed E-state index contributed by atoms with van der Waals surface area (Å²) in [6, 6.07) is 5.57. The third kappa shape index (κ3) is 10.5. The summed E-state index contributed by atoms with van der Waals surface area (Å²) in [7, 11) is 1.64. The first-order valence-electron chi connectivity index (χ1n) is 11.0. The highest BCUT2D eigenvalue weighted by Crippen LogP contribution is 2.29. The van der Waals surface area contributed by atoms with Crippen LogP contribution in [0, 0.1) is 5.41 Å². The predicted molar refractivity (Wildman–Crippen MR) is 129 cm³/mol. The van der Waals surface area contributed by atoms with Crippen molar-refractivity contribution in [2.75, 3.05) is 13.7 Å². The highest BCUT2D eigenvalue weighted by atomic mass is 16.5. The fourth-order valence-corrected chi connectivity index (χ4v) is 3.00. The second kappa shape index (κ2) is 13.2. The molecular weight excluding hydrogens is 388 g/mol. The van der Waals surface area contributed by atoms with E-state index in [9.17, 15) is 4.79 Å². The van der Waals surface area contributed by atoms with E-state index in [0.29, 0.717) is 12.2 Å². The van der Waals surface area contributed by atoms with Crippen molar-refractivity contribution in [2.24, 2.45) is 5.41 Å². The van der Waals surface area contributed by atoms with Crippen LogP contribution in [0.3, 0.4) is 0 Å². The molecule has 1 aromatic carbocycles. The number of esters is 1. The lowest BCUT2D eigenvalue weighted by atomic mass is 9.97. The van der Waals surface area contributed by atoms with Crippen LogP contribution in [-0.4, -0.2) is 24.8 Å². The van der Waals surface area contributed by atoms with Crippen molar-refractivity contribution >= 4 is 5.97 Å². The average molecular weight is 429 g/mol. The molecule has 0 saturated carbocycles. The van der Waals surface area contributed by atoms with Gasteiger partial charge in [-0.15, -0.1) is 0 Å². The first-order valence-corrected chi connectivity index (χ1v) is 11.0. The van der Waals surface area contributed by atoms with Crippen LogP contribution in [0.4, 0.5) is 0 Å². The van der Waals surface area contributed by atoms with E-state index < -0.39 is 5.41 Å². The van der Waals surface area contributed by atoms with Gasteiger partial charge >= 0.3 is 5.97 Å². The van der Waals surface area contributed by atoms with Gasteiger partial charge in [0.2, 0.25) is 0 Å². The van der Waals surface area contributed by atoms with E-state index in [2.05, 4.69) is 32.9 Å². The van der Waals surface area contributed by atoms with Crippen molar-refractivity contribution in [1.82, 2.24) is 0 Å². The summed E-state index contributed by atoms with van der Waals surface area (Å²) in [4.78, 5) is 12.3. The maximum absolute atomic E-state index is 12.3. The number of carbonyl (C=O) groups is 1. The van der Waals surface area contributed by atoms with E-state index in [1.54, 1.807) is 7.11 Å². The molecule has 31 heavy (non-hydrogen) atoms. The minimum atomic E-state index is -0.557. The molecule has 0 unspecified atom stereocenters. The minimum absolute atomic E-state index is 0.114. The maximum atomic E-state index is 12.3. The number of methoxy groups -OCH3 is 1. The Bertz CT molecular complexity index is 807. The fraction of sp³-hybridized carbons (Fsp3) is 0.519. The molecule has 172 valence electrons. The molecule has 0 atom stereocenters. The number of aliphatic hydroxyl groups excluding tert-OH is 1. The molecule has 1 rings (SSSR count). The number of aliphatic hydroxyl groups is 1. The lowest BCUT2D eigenvalue weighted by molar-refractivity contribution is -0.143. The van der Waals surface area contributed by atoms with Gasteiger partial charge < -0.3 is 14.6 Å². The van der Waals surface area contributed by atoms with Crippen LogP contribution in [0.1, 0.15) is 72.8 Å². The third-order valence-electron chi connectivity index (χ3n) is 5.05. The van der Waals surface area contributed by atoms with Crippen LogP contribution < -0.4 is 9.47 Å². The molecule has 4 heteroatoms. The Morgan fingerprint density at radius 3 is 2.10 bits per heavy atom. The molecular formula is C27H40O4. The molecule has 0 amide bonds. The Morgan fingerprint density at radius 1 is 0.968 bits per heavy atom. The quantitative estimate of drug-likeness (QED) is 0.246. The minimum Gasteiger partial charge on any atom is -0.497 e. The Hall–Kier alpha value is -2.33. The smallest absolute Gasteiger partial charge is 0.316 e. The molecule has 1 aromatic rings. The SMILES string of the molecule is COc1ccc(OC(=O)C(C)(C)C)c(C/C(C)=C\CC/C(C)=C/CC/C(C)=C/CO)c1. The first-order chi connectivity index (χ1) is 14.6. The second-order valence-corrected chi connectivity index (χ2v) is 9.20. The average Bonchev–Trinajstić information content (AvgIpc) is 2.68. The number of benzene rings is 1. The monoisotopic (exact) mass is 428 g/mol. The molecule has 0 aliphatic heterocycles. The summed E-state index contributed by atoms with van der Waals surface area (Å²) in [5.41, 5.74) is 4.23. The van der Waals surface area contributed by atoms with E-state index in [1.165, 1.54) is 16.7 Å². The number of ether oxygens (including phenoxy) is 2. The molecule has 0 saturated heterocycles. The summed E-state index contributed by atoms with van der Waals surface area (Å²) in [5, 5.41) is 8.91. The predicted octanol–water partition coefficient (Wildman–Crippen LogP) is 6.58. The number of hydrogen-bond acceptors (Lipinski definition) is 4. The third-order valence-corrected chi connectivity index (χ3v) is 5.05. The fourth-order valence-electron chi connectivity index (χ4n) is 3.00. The number of allylic oxidation sites excluding steroid dienone is 5. The molecule has 0 aliphatic carbocycles. The molecule has 4 nitrogen and oxygen atoms in total. The number of hydrogen-bond donors (Lipinski definition) is 1. The van der Waals surface area contributed by atoms with Crippen molar-refractivity contribution in [3.8, 4) is 11.5 Å². The molecule has 0 bridgehead atoms. The molecule has 0 radical (unpaired) electrons. The summed E-state index contributed by atoms with van der Waals surface area (Å²) in [5.74, 6) is 1.10. The standard InChI is InChI=1S/C27H40O4/c1-20(10-8-12-21(2)16-17-28)11-9-13-22(3)18-23-19-24(30-7)14-15-25(23)31-26(29)27(4,5)6/h10,13-16,19,28H,8-9,11-12,17-18H2,1-7H3/b20-10+,21-16+,22-13-. The maximum Gasteiger partial charge on any atom is 0.316 e. The zero-order valence-corrected chi connectivity index (χ0v) is 20.4. The lowest BCUT2D eigenvalue weighted by Gasteiger charge is -2.18. The number of carbonyl (C=O) groups excluding carboxylic acids is 1. The van der Waals surface area contributed by atoms with Crippen molar-refractivity contribution in [2.45, 2.75) is 73.6 Å². The highest BCUT2D eigenvalue weighted by Gasteiger charge is 2.24. The Labute approximate surface area is 188 Å². The van der Waals surface area contributed by atoms with E-state index in [0.717, 1.165) is 37.0 Å². The second-order valence-electron chi connectivity index (χ2n) is 9.20. The normalized spacial score (nSPS) is 13.4. The lowest BCUT2D eigenvalue weighted by Crippen LogP contribution is -2.26. The topological polar surface area (TPSA) is 55.8 Å². The van der Waals surface area contributed by atoms with E-state index >= 15 is 0 Å². The molecule has 0 aliphatic rings. The van der Waals surface area contributed by atoms with Gasteiger partial charge in [0.1, 0.15) is 11.5 Å². The van der Waals surface area contributed by atoms with E-state index in [-0.39, 0.29) is 12.6 Å². The molecule has 1 N–H and O–H groups in total. The Morgan fingerprint density at radius 2 is 1.55 bits per heavy atom. The van der Waals surface area contributed by atoms with Crippen molar-refractivity contribution < 1.29 is 19.4 Å². The Balaban J connectivity index is 2.74. The Kier molecular flexibility index (Phi) is 11.3. The molecule has 0 aromatic heterocycles. The van der Waals surface area contributed by atoms with Crippen molar-refractivity contribution in [1.29, 1.82) is 0 Å². The summed E-state index contributed by atoms with van der Waals surface area (Å²) >= 11 is 0. The highest BCUT2D eigenvalue weighted by molar-refractivity contribution is 5.78. The van der Waals surface area contributed by atoms with E-state index in [1.807, 2.05) is 45.0 Å². The van der Waals surface area contributed by atoms with Gasteiger partial charge in [-0.2, -0.15) is 0 Å². The van der Waals surface area contributed by atoms with Crippen LogP contribution >= 0.6 is 0 Å². The van der Waals surface area contributed by atoms with Gasteiger partial charge in [0.15, 0.2) is 0 Å². The first kappa shape index (κ1) is 26.7. The summed E-state index contributed by atoms with van der Waals surface area (Å²) in [6.07, 6.45) is 11.1. The molecule has 0 fully saturated rings. The zero-order valence-electron chi connectivity index (χ0n) is 20.4. The zero-order chi connectivity index (χ0) is 23.4. The van der Waals surface area contributed by atoms with Gasteiger partial charge in [-0.05, 0) is 91.8 Å². The van der Waals surface area contributed by atoms with Gasteiger partial charge in [-0.25, -0.2) is 0 Å². The van der Waals surface area contributed by atoms with Crippen LogP contribution in [-0.2, 0) is 11.2 Å². The van der Waals surface area contributed by atoms with Crippen molar-refractivity contribution in [3.05, 3.63) is 58.7 Å². The van der Waals surface area contributed by atoms with Gasteiger partial charge in [0.25, 0.3) is 0 Å². The van der Waals surface area contributed by atoms with Crippen LogP contribution in [0.25, 0.3) is 0 Å². The largest absolute Gasteiger partial charge is 0.497 e. The van der Waals surface area contributed by atoms with Gasteiger partial charge in [-0.1, -0.05) is 34.9 Å².